The number of terminal acetylenes is 1. The number of rotatable bonds is 6. The van der Waals surface area contributed by atoms with Crippen molar-refractivity contribution in [3.8, 4) is 29.2 Å². The molecular weight excluding hydrogens is 529 g/mol. The Labute approximate surface area is 231 Å². The van der Waals surface area contributed by atoms with Gasteiger partial charge >= 0.3 is 10.5 Å². The fraction of sp³-hybridized carbons (Fsp3) is 0.290. The molecule has 1 N–H and O–H groups in total. The summed E-state index contributed by atoms with van der Waals surface area (Å²) in [6.45, 7) is 4.17. The van der Waals surface area contributed by atoms with Crippen LogP contribution in [0.15, 0.2) is 53.6 Å². The molecule has 1 aliphatic rings. The number of H-pyrrole nitrogens is 1. The van der Waals surface area contributed by atoms with Crippen molar-refractivity contribution >= 4 is 43.3 Å². The molecule has 0 spiro atoms. The molecule has 0 atom stereocenters. The van der Waals surface area contributed by atoms with Gasteiger partial charge in [0.15, 0.2) is 11.2 Å². The zero-order chi connectivity index (χ0) is 28.2. The van der Waals surface area contributed by atoms with E-state index in [4.69, 9.17) is 6.42 Å². The lowest BCUT2D eigenvalue weighted by molar-refractivity contribution is 0.439. The standard InChI is InChI=1S/C31H28FN3O4S/c1-4-19-9-10-24-27(12-19)34-31-29(24)30(36)26-14-20(11-18(2)3)25(15-28(26)35(31)22-7-5-6-8-22)21-13-23(17-33-16-21)39-40(32,37)38/h1,9-10,12-18,22,34H,5-8,11H2,2-3H3. The van der Waals surface area contributed by atoms with E-state index in [-0.39, 0.29) is 23.1 Å². The fourth-order valence-corrected chi connectivity index (χ4v) is 6.42. The molecule has 3 aromatic heterocycles. The Hall–Kier alpha value is -4.16. The average Bonchev–Trinajstić information content (AvgIpc) is 3.56. The first-order chi connectivity index (χ1) is 19.1. The molecule has 0 unspecified atom stereocenters. The Kier molecular flexibility index (Phi) is 6.38. The predicted molar refractivity (Wildman–Crippen MR) is 155 cm³/mol. The molecule has 7 nitrogen and oxygen atoms in total. The summed E-state index contributed by atoms with van der Waals surface area (Å²) in [6, 6.07) is 11.2. The molecule has 0 bridgehead atoms. The second-order valence-corrected chi connectivity index (χ2v) is 11.9. The summed E-state index contributed by atoms with van der Waals surface area (Å²) in [7, 11) is -5.21. The molecular formula is C31H28FN3O4S. The number of fused-ring (bicyclic) bond motifs is 4. The summed E-state index contributed by atoms with van der Waals surface area (Å²) in [5.74, 6) is 2.71. The summed E-state index contributed by atoms with van der Waals surface area (Å²) < 4.78 is 42.3. The van der Waals surface area contributed by atoms with Gasteiger partial charge in [0.05, 0.1) is 17.1 Å². The second-order valence-electron chi connectivity index (χ2n) is 10.9. The molecule has 2 aromatic carbocycles. The van der Waals surface area contributed by atoms with Crippen molar-refractivity contribution in [2.24, 2.45) is 5.92 Å². The topological polar surface area (TPSA) is 94.1 Å². The van der Waals surface area contributed by atoms with Gasteiger partial charge in [-0.25, -0.2) is 0 Å². The van der Waals surface area contributed by atoms with E-state index in [9.17, 15) is 17.1 Å². The third kappa shape index (κ3) is 4.62. The van der Waals surface area contributed by atoms with Crippen LogP contribution in [0, 0.1) is 18.3 Å². The molecule has 204 valence electrons. The predicted octanol–water partition coefficient (Wildman–Crippen LogP) is 6.59. The Balaban J connectivity index is 1.71. The van der Waals surface area contributed by atoms with Crippen molar-refractivity contribution in [2.75, 3.05) is 0 Å². The lowest BCUT2D eigenvalue weighted by Crippen LogP contribution is -2.15. The molecule has 0 amide bonds. The molecule has 1 fully saturated rings. The minimum atomic E-state index is -5.21. The van der Waals surface area contributed by atoms with Crippen LogP contribution >= 0.6 is 0 Å². The first kappa shape index (κ1) is 26.1. The number of aromatic nitrogens is 3. The lowest BCUT2D eigenvalue weighted by atomic mass is 9.92. The van der Waals surface area contributed by atoms with Gasteiger partial charge < -0.3 is 13.7 Å². The van der Waals surface area contributed by atoms with Crippen LogP contribution in [0.2, 0.25) is 0 Å². The zero-order valence-corrected chi connectivity index (χ0v) is 23.0. The summed E-state index contributed by atoms with van der Waals surface area (Å²) in [4.78, 5) is 21.8. The maximum Gasteiger partial charge on any atom is 0.488 e. The summed E-state index contributed by atoms with van der Waals surface area (Å²) in [5, 5.41) is 2.10. The van der Waals surface area contributed by atoms with Crippen LogP contribution in [-0.2, 0) is 16.9 Å². The van der Waals surface area contributed by atoms with Gasteiger partial charge in [-0.1, -0.05) is 42.6 Å². The zero-order valence-electron chi connectivity index (χ0n) is 22.2. The number of pyridine rings is 2. The number of nitrogens with one attached hydrogen (secondary N) is 1. The molecule has 40 heavy (non-hydrogen) atoms. The maximum absolute atomic E-state index is 14.2. The van der Waals surface area contributed by atoms with Gasteiger partial charge in [0.1, 0.15) is 5.65 Å². The SMILES string of the molecule is C#Cc1ccc2c(c1)[nH]c1c2c(=O)c2cc(CC(C)C)c(-c3cncc(OS(=O)(=O)F)c3)cc2n1C1CCCC1. The van der Waals surface area contributed by atoms with Gasteiger partial charge in [0.25, 0.3) is 0 Å². The van der Waals surface area contributed by atoms with Gasteiger partial charge in [-0.15, -0.1) is 6.42 Å². The maximum atomic E-state index is 14.2. The first-order valence-electron chi connectivity index (χ1n) is 13.4. The van der Waals surface area contributed by atoms with Crippen molar-refractivity contribution in [3.63, 3.8) is 0 Å². The van der Waals surface area contributed by atoms with Crippen LogP contribution in [0.3, 0.4) is 0 Å². The number of hydrogen-bond donors (Lipinski definition) is 1. The van der Waals surface area contributed by atoms with Gasteiger partial charge in [-0.3, -0.25) is 9.78 Å². The number of benzene rings is 2. The highest BCUT2D eigenvalue weighted by Crippen LogP contribution is 2.39. The Morgan fingerprint density at radius 1 is 1.15 bits per heavy atom. The quantitative estimate of drug-likeness (QED) is 0.188. The van der Waals surface area contributed by atoms with Crippen LogP contribution in [0.1, 0.15) is 56.7 Å². The highest BCUT2D eigenvalue weighted by Gasteiger charge is 2.25. The van der Waals surface area contributed by atoms with Crippen molar-refractivity contribution in [3.05, 3.63) is 70.1 Å². The van der Waals surface area contributed by atoms with Crippen molar-refractivity contribution in [1.29, 1.82) is 0 Å². The summed E-state index contributed by atoms with van der Waals surface area (Å²) in [5.41, 5.74) is 5.28. The lowest BCUT2D eigenvalue weighted by Gasteiger charge is -2.22. The number of halogens is 1. The van der Waals surface area contributed by atoms with Crippen molar-refractivity contribution < 1.29 is 16.5 Å². The van der Waals surface area contributed by atoms with Crippen LogP contribution < -0.4 is 9.61 Å². The van der Waals surface area contributed by atoms with Crippen LogP contribution in [0.4, 0.5) is 3.89 Å². The average molecular weight is 558 g/mol. The van der Waals surface area contributed by atoms with Gasteiger partial charge in [-0.2, -0.15) is 8.42 Å². The molecule has 3 heterocycles. The minimum absolute atomic E-state index is 0.0609. The van der Waals surface area contributed by atoms with E-state index in [1.807, 2.05) is 30.3 Å². The van der Waals surface area contributed by atoms with E-state index in [2.05, 4.69) is 38.5 Å². The molecule has 9 heteroatoms. The third-order valence-electron chi connectivity index (χ3n) is 7.68. The smallest absolute Gasteiger partial charge is 0.357 e. The molecule has 0 saturated heterocycles. The molecule has 6 rings (SSSR count). The van der Waals surface area contributed by atoms with E-state index in [1.165, 1.54) is 6.07 Å². The highest BCUT2D eigenvalue weighted by molar-refractivity contribution is 7.81. The molecule has 1 aliphatic carbocycles. The van der Waals surface area contributed by atoms with Crippen LogP contribution in [0.25, 0.3) is 44.0 Å². The number of aromatic amines is 1. The number of nitrogens with zero attached hydrogens (tertiary/aromatic N) is 2. The van der Waals surface area contributed by atoms with Crippen LogP contribution in [0.5, 0.6) is 5.75 Å². The van der Waals surface area contributed by atoms with Gasteiger partial charge in [0, 0.05) is 39.7 Å². The summed E-state index contributed by atoms with van der Waals surface area (Å²) >= 11 is 0. The Morgan fingerprint density at radius 3 is 2.62 bits per heavy atom. The Bertz CT molecular complexity index is 2010. The van der Waals surface area contributed by atoms with Crippen molar-refractivity contribution in [1.82, 2.24) is 14.5 Å². The first-order valence-corrected chi connectivity index (χ1v) is 14.7. The van der Waals surface area contributed by atoms with Crippen molar-refractivity contribution in [2.45, 2.75) is 52.0 Å². The van der Waals surface area contributed by atoms with E-state index < -0.39 is 10.5 Å². The van der Waals surface area contributed by atoms with E-state index >= 15 is 0 Å². The van der Waals surface area contributed by atoms with Crippen LogP contribution in [-0.4, -0.2) is 23.0 Å². The molecule has 5 aromatic rings. The van der Waals surface area contributed by atoms with Gasteiger partial charge in [-0.05, 0) is 66.6 Å². The third-order valence-corrected chi connectivity index (χ3v) is 8.07. The monoisotopic (exact) mass is 557 g/mol. The Morgan fingerprint density at radius 2 is 1.93 bits per heavy atom. The fourth-order valence-electron chi connectivity index (χ4n) is 6.10. The molecule has 1 saturated carbocycles. The largest absolute Gasteiger partial charge is 0.488 e. The molecule has 0 aliphatic heterocycles. The van der Waals surface area contributed by atoms with E-state index in [1.54, 1.807) is 6.20 Å². The van der Waals surface area contributed by atoms with Gasteiger partial charge in [0.2, 0.25) is 0 Å². The highest BCUT2D eigenvalue weighted by atomic mass is 32.3. The normalized spacial score (nSPS) is 14.5. The number of hydrogen-bond acceptors (Lipinski definition) is 5. The van der Waals surface area contributed by atoms with E-state index in [0.29, 0.717) is 22.8 Å². The second kappa shape index (κ2) is 9.79. The summed E-state index contributed by atoms with van der Waals surface area (Å²) in [6.07, 6.45) is 13.2. The van der Waals surface area contributed by atoms with E-state index in [0.717, 1.165) is 70.6 Å². The minimum Gasteiger partial charge on any atom is -0.357 e. The molecule has 0 radical (unpaired) electrons.